The first-order valence-corrected chi connectivity index (χ1v) is 5.49. The number of hydrogen-bond donors (Lipinski definition) is 2. The molecule has 0 amide bonds. The van der Waals surface area contributed by atoms with E-state index in [4.69, 9.17) is 5.73 Å². The first-order chi connectivity index (χ1) is 6.77. The summed E-state index contributed by atoms with van der Waals surface area (Å²) in [7, 11) is 0. The van der Waals surface area contributed by atoms with Gasteiger partial charge in [0.2, 0.25) is 0 Å². The van der Waals surface area contributed by atoms with E-state index in [-0.39, 0.29) is 5.25 Å². The molecule has 3 nitrogen and oxygen atoms in total. The molecule has 0 radical (unpaired) electrons. The van der Waals surface area contributed by atoms with Crippen LogP contribution in [0.3, 0.4) is 0 Å². The first-order valence-electron chi connectivity index (χ1n) is 4.98. The lowest BCUT2D eigenvalue weighted by molar-refractivity contribution is 0.512. The van der Waals surface area contributed by atoms with Crippen LogP contribution >= 0.6 is 12.6 Å². The summed E-state index contributed by atoms with van der Waals surface area (Å²) >= 11 is 4.57. The van der Waals surface area contributed by atoms with Crippen LogP contribution in [0.2, 0.25) is 0 Å². The van der Waals surface area contributed by atoms with Crippen LogP contribution in [0.1, 0.15) is 30.3 Å². The fourth-order valence-electron chi connectivity index (χ4n) is 2.01. The van der Waals surface area contributed by atoms with Crippen molar-refractivity contribution in [2.24, 2.45) is 11.7 Å². The molecule has 14 heavy (non-hydrogen) atoms. The summed E-state index contributed by atoms with van der Waals surface area (Å²) in [6.07, 6.45) is 6.83. The Balaban J connectivity index is 2.05. The van der Waals surface area contributed by atoms with Crippen LogP contribution in [0.4, 0.5) is 0 Å². The zero-order valence-corrected chi connectivity index (χ0v) is 8.90. The molecule has 0 bridgehead atoms. The lowest BCUT2D eigenvalue weighted by Crippen LogP contribution is -2.16. The molecule has 3 atom stereocenters. The highest BCUT2D eigenvalue weighted by Gasteiger charge is 2.29. The zero-order chi connectivity index (χ0) is 9.97. The highest BCUT2D eigenvalue weighted by molar-refractivity contribution is 7.80. The van der Waals surface area contributed by atoms with Gasteiger partial charge in [0.1, 0.15) is 5.82 Å². The quantitative estimate of drug-likeness (QED) is 0.727. The van der Waals surface area contributed by atoms with Crippen molar-refractivity contribution in [3.05, 3.63) is 24.3 Å². The Hall–Kier alpha value is -0.610. The predicted octanol–water partition coefficient (Wildman–Crippen LogP) is 1.57. The van der Waals surface area contributed by atoms with Crippen molar-refractivity contribution >= 4 is 12.6 Å². The van der Waals surface area contributed by atoms with Gasteiger partial charge in [0.25, 0.3) is 0 Å². The van der Waals surface area contributed by atoms with Gasteiger partial charge in [0.15, 0.2) is 0 Å². The monoisotopic (exact) mass is 209 g/mol. The van der Waals surface area contributed by atoms with Crippen molar-refractivity contribution in [2.45, 2.75) is 30.6 Å². The Bertz CT molecular complexity index is 291. The van der Waals surface area contributed by atoms with E-state index in [1.54, 1.807) is 12.4 Å². The van der Waals surface area contributed by atoms with E-state index in [1.165, 1.54) is 0 Å². The Morgan fingerprint density at radius 3 is 2.64 bits per heavy atom. The molecule has 76 valence electrons. The van der Waals surface area contributed by atoms with E-state index in [0.29, 0.717) is 12.0 Å². The van der Waals surface area contributed by atoms with Crippen LogP contribution < -0.4 is 5.73 Å². The lowest BCUT2D eigenvalue weighted by atomic mass is 10.0. The third-order valence-electron chi connectivity index (χ3n) is 2.81. The molecule has 0 spiro atoms. The molecule has 0 aromatic carbocycles. The standard InChI is InChI=1S/C10H15N3S/c11-8-3-2-7(6-8)9(14)10-12-4-1-5-13-10/h1,4-5,7-9,14H,2-3,6,11H2/t7-,8+,9?/m0/s1. The second-order valence-electron chi connectivity index (χ2n) is 3.89. The van der Waals surface area contributed by atoms with Gasteiger partial charge in [-0.1, -0.05) is 0 Å². The average molecular weight is 209 g/mol. The van der Waals surface area contributed by atoms with Gasteiger partial charge in [-0.15, -0.1) is 0 Å². The second kappa shape index (κ2) is 4.28. The topological polar surface area (TPSA) is 51.8 Å². The van der Waals surface area contributed by atoms with Crippen LogP contribution in [0.15, 0.2) is 18.5 Å². The summed E-state index contributed by atoms with van der Waals surface area (Å²) in [5, 5.41) is 0.143. The van der Waals surface area contributed by atoms with Gasteiger partial charge in [-0.05, 0) is 31.2 Å². The molecule has 0 aliphatic heterocycles. The minimum atomic E-state index is 0.143. The van der Waals surface area contributed by atoms with E-state index in [9.17, 15) is 0 Å². The molecule has 1 aliphatic rings. The first kappa shape index (κ1) is 9.93. The van der Waals surface area contributed by atoms with Crippen molar-refractivity contribution in [3.63, 3.8) is 0 Å². The number of nitrogens with zero attached hydrogens (tertiary/aromatic N) is 2. The van der Waals surface area contributed by atoms with Crippen LogP contribution in [0, 0.1) is 5.92 Å². The minimum Gasteiger partial charge on any atom is -0.328 e. The largest absolute Gasteiger partial charge is 0.328 e. The lowest BCUT2D eigenvalue weighted by Gasteiger charge is -2.16. The van der Waals surface area contributed by atoms with E-state index in [1.807, 2.05) is 6.07 Å². The molecule has 1 fully saturated rings. The molecule has 1 aromatic rings. The summed E-state index contributed by atoms with van der Waals surface area (Å²) in [5.41, 5.74) is 5.87. The maximum absolute atomic E-state index is 5.87. The Morgan fingerprint density at radius 2 is 2.07 bits per heavy atom. The minimum absolute atomic E-state index is 0.143. The number of hydrogen-bond acceptors (Lipinski definition) is 4. The number of thiol groups is 1. The van der Waals surface area contributed by atoms with Crippen LogP contribution in [0.5, 0.6) is 0 Å². The number of aromatic nitrogens is 2. The van der Waals surface area contributed by atoms with Gasteiger partial charge in [-0.25, -0.2) is 9.97 Å². The van der Waals surface area contributed by atoms with Crippen molar-refractivity contribution in [2.75, 3.05) is 0 Å². The Kier molecular flexibility index (Phi) is 3.03. The molecule has 1 aliphatic carbocycles. The molecule has 4 heteroatoms. The zero-order valence-electron chi connectivity index (χ0n) is 8.00. The summed E-state index contributed by atoms with van der Waals surface area (Å²) in [6.45, 7) is 0. The highest BCUT2D eigenvalue weighted by atomic mass is 32.1. The van der Waals surface area contributed by atoms with Gasteiger partial charge in [0.05, 0.1) is 5.25 Å². The Morgan fingerprint density at radius 1 is 1.36 bits per heavy atom. The van der Waals surface area contributed by atoms with Gasteiger partial charge in [0, 0.05) is 18.4 Å². The van der Waals surface area contributed by atoms with E-state index in [2.05, 4.69) is 22.6 Å². The van der Waals surface area contributed by atoms with Gasteiger partial charge < -0.3 is 5.73 Å². The highest BCUT2D eigenvalue weighted by Crippen LogP contribution is 2.37. The molecule has 2 N–H and O–H groups in total. The van der Waals surface area contributed by atoms with E-state index >= 15 is 0 Å². The van der Waals surface area contributed by atoms with Crippen molar-refractivity contribution in [1.82, 2.24) is 9.97 Å². The van der Waals surface area contributed by atoms with Crippen molar-refractivity contribution in [1.29, 1.82) is 0 Å². The molecular formula is C10H15N3S. The fraction of sp³-hybridized carbons (Fsp3) is 0.600. The second-order valence-corrected chi connectivity index (χ2v) is 4.44. The van der Waals surface area contributed by atoms with Gasteiger partial charge in [-0.2, -0.15) is 12.6 Å². The van der Waals surface area contributed by atoms with Crippen LogP contribution in [0.25, 0.3) is 0 Å². The summed E-state index contributed by atoms with van der Waals surface area (Å²) in [4.78, 5) is 8.44. The molecule has 1 saturated carbocycles. The van der Waals surface area contributed by atoms with Crippen molar-refractivity contribution < 1.29 is 0 Å². The average Bonchev–Trinajstić information content (AvgIpc) is 2.65. The molecule has 1 heterocycles. The Labute approximate surface area is 89.5 Å². The molecule has 0 saturated heterocycles. The number of nitrogens with two attached hydrogens (primary N) is 1. The summed E-state index contributed by atoms with van der Waals surface area (Å²) in [6, 6.07) is 2.17. The maximum atomic E-state index is 5.87. The molecule has 2 rings (SSSR count). The smallest absolute Gasteiger partial charge is 0.141 e. The predicted molar refractivity (Wildman–Crippen MR) is 59.1 cm³/mol. The van der Waals surface area contributed by atoms with Crippen molar-refractivity contribution in [3.8, 4) is 0 Å². The van der Waals surface area contributed by atoms with Gasteiger partial charge in [-0.3, -0.25) is 0 Å². The van der Waals surface area contributed by atoms with E-state index in [0.717, 1.165) is 25.1 Å². The fourth-order valence-corrected chi connectivity index (χ4v) is 2.42. The van der Waals surface area contributed by atoms with Gasteiger partial charge >= 0.3 is 0 Å². The third kappa shape index (κ3) is 2.07. The number of rotatable bonds is 2. The maximum Gasteiger partial charge on any atom is 0.141 e. The SMILES string of the molecule is N[C@@H]1CC[C@H](C(S)c2ncccn2)C1. The summed E-state index contributed by atoms with van der Waals surface area (Å²) in [5.74, 6) is 1.37. The molecular weight excluding hydrogens is 194 g/mol. The van der Waals surface area contributed by atoms with Crippen LogP contribution in [-0.4, -0.2) is 16.0 Å². The van der Waals surface area contributed by atoms with Crippen LogP contribution in [-0.2, 0) is 0 Å². The molecule has 1 aromatic heterocycles. The normalized spacial score (nSPS) is 29.0. The molecule has 1 unspecified atom stereocenters. The van der Waals surface area contributed by atoms with E-state index < -0.39 is 0 Å². The third-order valence-corrected chi connectivity index (χ3v) is 3.46. The summed E-state index contributed by atoms with van der Waals surface area (Å²) < 4.78 is 0.